The molecule has 0 bridgehead atoms. The number of non-ortho nitro benzene ring substituents is 1. The lowest BCUT2D eigenvalue weighted by Gasteiger charge is -2.12. The molecule has 0 aliphatic carbocycles. The van der Waals surface area contributed by atoms with E-state index in [0.29, 0.717) is 11.3 Å². The average Bonchev–Trinajstić information content (AvgIpc) is 2.56. The molecule has 2 aromatic rings. The number of amides is 1. The van der Waals surface area contributed by atoms with Crippen molar-refractivity contribution in [3.05, 3.63) is 69.5 Å². The zero-order valence-corrected chi connectivity index (χ0v) is 14.1. The lowest BCUT2D eigenvalue weighted by atomic mass is 10.1. The number of aryl methyl sites for hydroxylation is 1. The van der Waals surface area contributed by atoms with Crippen molar-refractivity contribution >= 4 is 29.0 Å². The molecule has 0 heterocycles. The molecule has 0 saturated heterocycles. The van der Waals surface area contributed by atoms with Gasteiger partial charge in [-0.05, 0) is 37.1 Å². The second-order valence-corrected chi connectivity index (χ2v) is 6.65. The molecular formula is C17H17FN2O3S. The van der Waals surface area contributed by atoms with Crippen molar-refractivity contribution in [3.8, 4) is 0 Å². The fraction of sp³-hybridized carbons (Fsp3) is 0.235. The molecule has 0 aliphatic rings. The number of halogens is 1. The highest BCUT2D eigenvalue weighted by atomic mass is 32.2. The van der Waals surface area contributed by atoms with Crippen LogP contribution in [0.1, 0.15) is 23.3 Å². The summed E-state index contributed by atoms with van der Waals surface area (Å²) in [6, 6.07) is 10.9. The van der Waals surface area contributed by atoms with Gasteiger partial charge in [0.25, 0.3) is 5.69 Å². The first-order valence-corrected chi connectivity index (χ1v) is 8.33. The summed E-state index contributed by atoms with van der Waals surface area (Å²) in [4.78, 5) is 22.3. The van der Waals surface area contributed by atoms with E-state index in [4.69, 9.17) is 0 Å². The van der Waals surface area contributed by atoms with E-state index in [1.54, 1.807) is 31.2 Å². The Morgan fingerprint density at radius 2 is 2.08 bits per heavy atom. The zero-order valence-electron chi connectivity index (χ0n) is 13.3. The van der Waals surface area contributed by atoms with Crippen LogP contribution in [0.4, 0.5) is 15.8 Å². The molecule has 0 fully saturated rings. The Bertz CT molecular complexity index is 767. The third-order valence-corrected chi connectivity index (χ3v) is 4.67. The quantitative estimate of drug-likeness (QED) is 0.617. The summed E-state index contributed by atoms with van der Waals surface area (Å²) in [7, 11) is 0. The number of benzene rings is 2. The second-order valence-electron chi connectivity index (χ2n) is 5.32. The van der Waals surface area contributed by atoms with Crippen molar-refractivity contribution in [1.82, 2.24) is 0 Å². The minimum atomic E-state index is -0.445. The van der Waals surface area contributed by atoms with Crippen molar-refractivity contribution in [2.75, 3.05) is 11.1 Å². The molecule has 0 unspecified atom stereocenters. The molecule has 0 aromatic heterocycles. The summed E-state index contributed by atoms with van der Waals surface area (Å²) < 4.78 is 13.5. The molecule has 5 nitrogen and oxygen atoms in total. The number of anilines is 1. The van der Waals surface area contributed by atoms with Crippen LogP contribution in [0.25, 0.3) is 0 Å². The van der Waals surface area contributed by atoms with E-state index in [0.717, 1.165) is 5.56 Å². The first-order valence-electron chi connectivity index (χ1n) is 7.29. The number of carbonyl (C=O) groups excluding carboxylic acids is 1. The SMILES string of the molecule is Cc1ccc(NC(=O)CS[C@@H](C)c2cccc([N+](=O)[O-])c2)cc1F. The lowest BCUT2D eigenvalue weighted by molar-refractivity contribution is -0.384. The lowest BCUT2D eigenvalue weighted by Crippen LogP contribution is -2.15. The molecule has 2 aromatic carbocycles. The maximum Gasteiger partial charge on any atom is 0.269 e. The van der Waals surface area contributed by atoms with Crippen LogP contribution < -0.4 is 5.32 Å². The van der Waals surface area contributed by atoms with E-state index < -0.39 is 4.92 Å². The van der Waals surface area contributed by atoms with Crippen LogP contribution in [0.5, 0.6) is 0 Å². The van der Waals surface area contributed by atoms with Crippen molar-refractivity contribution in [3.63, 3.8) is 0 Å². The summed E-state index contributed by atoms with van der Waals surface area (Å²) in [5, 5.41) is 13.4. The summed E-state index contributed by atoms with van der Waals surface area (Å²) in [6.45, 7) is 3.53. The van der Waals surface area contributed by atoms with Gasteiger partial charge in [0.05, 0.1) is 10.7 Å². The summed E-state index contributed by atoms with van der Waals surface area (Å²) >= 11 is 1.36. The molecule has 126 valence electrons. The monoisotopic (exact) mass is 348 g/mol. The Balaban J connectivity index is 1.92. The number of nitro benzene ring substituents is 1. The first kappa shape index (κ1) is 17.9. The fourth-order valence-electron chi connectivity index (χ4n) is 2.06. The van der Waals surface area contributed by atoms with E-state index >= 15 is 0 Å². The largest absolute Gasteiger partial charge is 0.325 e. The van der Waals surface area contributed by atoms with Gasteiger partial charge in [-0.25, -0.2) is 4.39 Å². The van der Waals surface area contributed by atoms with E-state index in [1.165, 1.54) is 30.0 Å². The van der Waals surface area contributed by atoms with Crippen LogP contribution in [0.3, 0.4) is 0 Å². The molecule has 0 aliphatic heterocycles. The number of nitrogens with zero attached hydrogens (tertiary/aromatic N) is 1. The third kappa shape index (κ3) is 4.79. The van der Waals surface area contributed by atoms with Gasteiger partial charge >= 0.3 is 0 Å². The Morgan fingerprint density at radius 3 is 2.75 bits per heavy atom. The molecule has 1 amide bonds. The minimum Gasteiger partial charge on any atom is -0.325 e. The molecule has 7 heteroatoms. The van der Waals surface area contributed by atoms with Crippen molar-refractivity contribution in [2.24, 2.45) is 0 Å². The molecule has 1 N–H and O–H groups in total. The highest BCUT2D eigenvalue weighted by Crippen LogP contribution is 2.30. The number of rotatable bonds is 6. The van der Waals surface area contributed by atoms with Crippen molar-refractivity contribution in [1.29, 1.82) is 0 Å². The summed E-state index contributed by atoms with van der Waals surface area (Å²) in [5.74, 6) is -0.453. The normalized spacial score (nSPS) is 11.8. The van der Waals surface area contributed by atoms with E-state index in [-0.39, 0.29) is 28.4 Å². The number of nitro groups is 1. The predicted octanol–water partition coefficient (Wildman–Crippen LogP) is 4.48. The van der Waals surface area contributed by atoms with Crippen LogP contribution in [0.15, 0.2) is 42.5 Å². The maximum atomic E-state index is 13.5. The van der Waals surface area contributed by atoms with Gasteiger partial charge in [-0.3, -0.25) is 14.9 Å². The molecular weight excluding hydrogens is 331 g/mol. The van der Waals surface area contributed by atoms with E-state index in [9.17, 15) is 19.3 Å². The van der Waals surface area contributed by atoms with Gasteiger partial charge in [-0.1, -0.05) is 18.2 Å². The van der Waals surface area contributed by atoms with Crippen LogP contribution in [-0.4, -0.2) is 16.6 Å². The summed E-state index contributed by atoms with van der Waals surface area (Å²) in [5.41, 5.74) is 1.73. The predicted molar refractivity (Wildman–Crippen MR) is 93.7 cm³/mol. The number of hydrogen-bond donors (Lipinski definition) is 1. The fourth-order valence-corrected chi connectivity index (χ4v) is 2.87. The minimum absolute atomic E-state index is 0.0273. The Kier molecular flexibility index (Phi) is 5.92. The molecule has 0 saturated carbocycles. The van der Waals surface area contributed by atoms with E-state index in [1.807, 2.05) is 6.92 Å². The zero-order chi connectivity index (χ0) is 17.7. The standard InChI is InChI=1S/C17H17FN2O3S/c1-11-6-7-14(9-16(11)18)19-17(21)10-24-12(2)13-4-3-5-15(8-13)20(22)23/h3-9,12H,10H2,1-2H3,(H,19,21)/t12-/m0/s1. The average molecular weight is 348 g/mol. The first-order chi connectivity index (χ1) is 11.4. The van der Waals surface area contributed by atoms with Crippen LogP contribution >= 0.6 is 11.8 Å². The smallest absolute Gasteiger partial charge is 0.269 e. The molecule has 1 atom stereocenters. The van der Waals surface area contributed by atoms with Gasteiger partial charge < -0.3 is 5.32 Å². The van der Waals surface area contributed by atoms with Crippen LogP contribution in [-0.2, 0) is 4.79 Å². The number of carbonyl (C=O) groups is 1. The number of nitrogens with one attached hydrogen (secondary N) is 1. The summed E-state index contributed by atoms with van der Waals surface area (Å²) in [6.07, 6.45) is 0. The van der Waals surface area contributed by atoms with Crippen LogP contribution in [0, 0.1) is 22.9 Å². The second kappa shape index (κ2) is 7.92. The Labute approximate surface area is 143 Å². The molecule has 24 heavy (non-hydrogen) atoms. The van der Waals surface area contributed by atoms with Crippen molar-refractivity contribution in [2.45, 2.75) is 19.1 Å². The number of hydrogen-bond acceptors (Lipinski definition) is 4. The third-order valence-electron chi connectivity index (χ3n) is 3.47. The number of thioether (sulfide) groups is 1. The van der Waals surface area contributed by atoms with Crippen molar-refractivity contribution < 1.29 is 14.1 Å². The van der Waals surface area contributed by atoms with Gasteiger partial charge in [0.15, 0.2) is 0 Å². The highest BCUT2D eigenvalue weighted by Gasteiger charge is 2.13. The highest BCUT2D eigenvalue weighted by molar-refractivity contribution is 8.00. The molecule has 2 rings (SSSR count). The van der Waals surface area contributed by atoms with Gasteiger partial charge in [-0.15, -0.1) is 11.8 Å². The van der Waals surface area contributed by atoms with Crippen LogP contribution in [0.2, 0.25) is 0 Å². The topological polar surface area (TPSA) is 72.2 Å². The van der Waals surface area contributed by atoms with Gasteiger partial charge in [0.2, 0.25) is 5.91 Å². The maximum absolute atomic E-state index is 13.5. The van der Waals surface area contributed by atoms with Gasteiger partial charge in [0.1, 0.15) is 5.82 Å². The molecule has 0 spiro atoms. The van der Waals surface area contributed by atoms with E-state index in [2.05, 4.69) is 5.32 Å². The molecule has 0 radical (unpaired) electrons. The Morgan fingerprint density at radius 1 is 1.33 bits per heavy atom. The van der Waals surface area contributed by atoms with Gasteiger partial charge in [-0.2, -0.15) is 0 Å². The Hall–Kier alpha value is -2.41. The van der Waals surface area contributed by atoms with Gasteiger partial charge in [0, 0.05) is 23.1 Å².